The monoisotopic (exact) mass is 381 g/mol. The van der Waals surface area contributed by atoms with Gasteiger partial charge in [-0.2, -0.15) is 12.7 Å². The number of carbonyl (C=O) groups excluding carboxylic acids is 1. The predicted molar refractivity (Wildman–Crippen MR) is 99.5 cm³/mol. The Kier molecular flexibility index (Phi) is 6.13. The number of nitrogens with two attached hydrogens (primary N) is 1. The molecule has 2 aliphatic heterocycles. The van der Waals surface area contributed by atoms with E-state index in [0.717, 1.165) is 26.1 Å². The number of piperazine rings is 1. The Morgan fingerprint density at radius 3 is 2.46 bits per heavy atom. The number of nitrogens with zero attached hydrogens (tertiary/aromatic N) is 3. The predicted octanol–water partition coefficient (Wildman–Crippen LogP) is 0.0392. The molecule has 2 saturated heterocycles. The second kappa shape index (κ2) is 8.34. The number of hydrogen-bond donors (Lipinski definition) is 2. The molecule has 1 aromatic carbocycles. The molecule has 0 bridgehead atoms. The Morgan fingerprint density at radius 2 is 1.81 bits per heavy atom. The Labute approximate surface area is 155 Å². The minimum atomic E-state index is -3.66. The first kappa shape index (κ1) is 19.1. The van der Waals surface area contributed by atoms with Gasteiger partial charge >= 0.3 is 6.03 Å². The van der Waals surface area contributed by atoms with Crippen molar-refractivity contribution >= 4 is 16.2 Å². The summed E-state index contributed by atoms with van der Waals surface area (Å²) in [5, 5.41) is 8.11. The maximum atomic E-state index is 12.3. The number of likely N-dealkylation sites (tertiary alicyclic amines) is 1. The molecule has 0 unspecified atom stereocenters. The zero-order valence-electron chi connectivity index (χ0n) is 14.9. The lowest BCUT2D eigenvalue weighted by Crippen LogP contribution is -2.54. The summed E-state index contributed by atoms with van der Waals surface area (Å²) in [5.74, 6) is 0.452. The van der Waals surface area contributed by atoms with E-state index in [9.17, 15) is 13.2 Å². The second-order valence-corrected chi connectivity index (χ2v) is 8.54. The molecule has 144 valence electrons. The highest BCUT2D eigenvalue weighted by Gasteiger charge is 2.27. The van der Waals surface area contributed by atoms with Crippen LogP contribution in [0.15, 0.2) is 30.3 Å². The molecule has 2 heterocycles. The highest BCUT2D eigenvalue weighted by Crippen LogP contribution is 2.18. The quantitative estimate of drug-likeness (QED) is 0.752. The van der Waals surface area contributed by atoms with Gasteiger partial charge in [0.25, 0.3) is 10.2 Å². The van der Waals surface area contributed by atoms with Gasteiger partial charge < -0.3 is 10.2 Å². The first-order chi connectivity index (χ1) is 12.4. The topological polar surface area (TPSA) is 99.0 Å². The maximum absolute atomic E-state index is 12.3. The molecule has 9 heteroatoms. The van der Waals surface area contributed by atoms with Crippen LogP contribution in [-0.4, -0.2) is 74.4 Å². The first-order valence-corrected chi connectivity index (χ1v) is 10.5. The summed E-state index contributed by atoms with van der Waals surface area (Å²) in [6, 6.07) is 10.3. The maximum Gasteiger partial charge on any atom is 0.317 e. The van der Waals surface area contributed by atoms with Crippen LogP contribution in [0.4, 0.5) is 4.79 Å². The van der Waals surface area contributed by atoms with Gasteiger partial charge in [-0.25, -0.2) is 9.93 Å². The lowest BCUT2D eigenvalue weighted by atomic mass is 10.1. The molecule has 3 rings (SSSR count). The average Bonchev–Trinajstić information content (AvgIpc) is 3.07. The molecule has 3 N–H and O–H groups in total. The van der Waals surface area contributed by atoms with E-state index in [0.29, 0.717) is 25.6 Å². The molecule has 26 heavy (non-hydrogen) atoms. The van der Waals surface area contributed by atoms with Gasteiger partial charge in [0, 0.05) is 45.8 Å². The summed E-state index contributed by atoms with van der Waals surface area (Å²) in [6.45, 7) is 4.86. The first-order valence-electron chi connectivity index (χ1n) is 8.99. The number of urea groups is 1. The van der Waals surface area contributed by atoms with Crippen molar-refractivity contribution in [1.29, 1.82) is 0 Å². The lowest BCUT2D eigenvalue weighted by Gasteiger charge is -2.33. The Balaban J connectivity index is 1.38. The molecule has 1 aromatic rings. The molecule has 1 atom stereocenters. The summed E-state index contributed by atoms with van der Waals surface area (Å²) >= 11 is 0. The lowest BCUT2D eigenvalue weighted by molar-refractivity contribution is 0.171. The fraction of sp³-hybridized carbons (Fsp3) is 0.588. The van der Waals surface area contributed by atoms with Crippen molar-refractivity contribution in [2.24, 2.45) is 11.1 Å². The van der Waals surface area contributed by atoms with Crippen LogP contribution in [0.2, 0.25) is 0 Å². The third-order valence-corrected chi connectivity index (χ3v) is 6.13. The van der Waals surface area contributed by atoms with Crippen molar-refractivity contribution in [3.05, 3.63) is 35.9 Å². The van der Waals surface area contributed by atoms with E-state index >= 15 is 0 Å². The third kappa shape index (κ3) is 5.16. The number of amides is 2. The number of rotatable bonds is 5. The summed E-state index contributed by atoms with van der Waals surface area (Å²) in [5.41, 5.74) is 1.31. The molecule has 8 nitrogen and oxygen atoms in total. The van der Waals surface area contributed by atoms with Gasteiger partial charge in [-0.05, 0) is 24.4 Å². The van der Waals surface area contributed by atoms with Crippen LogP contribution in [0.1, 0.15) is 12.0 Å². The van der Waals surface area contributed by atoms with Gasteiger partial charge in [0.1, 0.15) is 0 Å². The van der Waals surface area contributed by atoms with E-state index in [1.165, 1.54) is 9.87 Å². The number of benzene rings is 1. The Bertz CT molecular complexity index is 704. The van der Waals surface area contributed by atoms with Crippen molar-refractivity contribution in [2.75, 3.05) is 45.8 Å². The highest BCUT2D eigenvalue weighted by molar-refractivity contribution is 7.86. The highest BCUT2D eigenvalue weighted by atomic mass is 32.2. The number of carbonyl (C=O) groups is 1. The Morgan fingerprint density at radius 1 is 1.12 bits per heavy atom. The summed E-state index contributed by atoms with van der Waals surface area (Å²) in [7, 11) is -3.66. The Hall–Kier alpha value is -1.68. The molecule has 0 aliphatic carbocycles. The van der Waals surface area contributed by atoms with E-state index in [4.69, 9.17) is 5.14 Å². The standard InChI is InChI=1S/C17H27N5O3S/c18-26(24,25)22-10-8-21(9-11-22)17(23)19-12-16-6-7-20(14-16)13-15-4-2-1-3-5-15/h1-5,16H,6-14H2,(H,19,23)(H2,18,24,25)/t16-/m0/s1. The van der Waals surface area contributed by atoms with E-state index in [1.54, 1.807) is 4.90 Å². The van der Waals surface area contributed by atoms with Crippen LogP contribution >= 0.6 is 0 Å². The van der Waals surface area contributed by atoms with Crippen molar-refractivity contribution in [3.8, 4) is 0 Å². The summed E-state index contributed by atoms with van der Waals surface area (Å²) in [4.78, 5) is 16.4. The fourth-order valence-electron chi connectivity index (χ4n) is 3.55. The van der Waals surface area contributed by atoms with E-state index < -0.39 is 10.2 Å². The molecule has 0 saturated carbocycles. The summed E-state index contributed by atoms with van der Waals surface area (Å²) < 4.78 is 23.8. The van der Waals surface area contributed by atoms with E-state index in [1.807, 2.05) is 6.07 Å². The molecule has 0 radical (unpaired) electrons. The molecule has 2 aliphatic rings. The molecular weight excluding hydrogens is 354 g/mol. The third-order valence-electron chi connectivity index (χ3n) is 5.05. The van der Waals surface area contributed by atoms with Gasteiger partial charge in [-0.3, -0.25) is 4.90 Å². The van der Waals surface area contributed by atoms with Crippen molar-refractivity contribution in [3.63, 3.8) is 0 Å². The minimum Gasteiger partial charge on any atom is -0.338 e. The van der Waals surface area contributed by atoms with Crippen LogP contribution in [0, 0.1) is 5.92 Å². The van der Waals surface area contributed by atoms with Gasteiger partial charge in [0.2, 0.25) is 0 Å². The fourth-order valence-corrected chi connectivity index (χ4v) is 4.23. The van der Waals surface area contributed by atoms with Gasteiger partial charge in [0.15, 0.2) is 0 Å². The molecule has 2 fully saturated rings. The molecule has 2 amide bonds. The van der Waals surface area contributed by atoms with Crippen molar-refractivity contribution in [2.45, 2.75) is 13.0 Å². The largest absolute Gasteiger partial charge is 0.338 e. The zero-order valence-corrected chi connectivity index (χ0v) is 15.7. The van der Waals surface area contributed by atoms with Gasteiger partial charge in [-0.1, -0.05) is 30.3 Å². The van der Waals surface area contributed by atoms with Gasteiger partial charge in [-0.15, -0.1) is 0 Å². The normalized spacial score (nSPS) is 22.5. The molecular formula is C17H27N5O3S. The van der Waals surface area contributed by atoms with Crippen molar-refractivity contribution in [1.82, 2.24) is 19.4 Å². The number of nitrogens with one attached hydrogen (secondary N) is 1. The second-order valence-electron chi connectivity index (χ2n) is 6.99. The average molecular weight is 382 g/mol. The smallest absolute Gasteiger partial charge is 0.317 e. The van der Waals surface area contributed by atoms with Crippen LogP contribution in [0.25, 0.3) is 0 Å². The van der Waals surface area contributed by atoms with E-state index in [2.05, 4.69) is 34.5 Å². The minimum absolute atomic E-state index is 0.124. The van der Waals surface area contributed by atoms with Crippen LogP contribution in [0.5, 0.6) is 0 Å². The van der Waals surface area contributed by atoms with Gasteiger partial charge in [0.05, 0.1) is 0 Å². The van der Waals surface area contributed by atoms with Crippen LogP contribution in [-0.2, 0) is 16.8 Å². The van der Waals surface area contributed by atoms with E-state index in [-0.39, 0.29) is 19.1 Å². The summed E-state index contributed by atoms with van der Waals surface area (Å²) in [6.07, 6.45) is 1.08. The zero-order chi connectivity index (χ0) is 18.6. The van der Waals surface area contributed by atoms with Crippen LogP contribution < -0.4 is 10.5 Å². The molecule has 0 spiro atoms. The SMILES string of the molecule is NS(=O)(=O)N1CCN(C(=O)NC[C@@H]2CCN(Cc3ccccc3)C2)CC1. The van der Waals surface area contributed by atoms with Crippen molar-refractivity contribution < 1.29 is 13.2 Å². The van der Waals surface area contributed by atoms with Crippen LogP contribution in [0.3, 0.4) is 0 Å². The molecule has 0 aromatic heterocycles. The number of hydrogen-bond acceptors (Lipinski definition) is 4.